The summed E-state index contributed by atoms with van der Waals surface area (Å²) in [4.78, 5) is 36.8. The van der Waals surface area contributed by atoms with Gasteiger partial charge in [-0.25, -0.2) is 4.79 Å². The van der Waals surface area contributed by atoms with Crippen LogP contribution in [0.2, 0.25) is 0 Å². The van der Waals surface area contributed by atoms with Crippen molar-refractivity contribution in [3.8, 4) is 10.4 Å². The van der Waals surface area contributed by atoms with E-state index in [4.69, 9.17) is 0 Å². The van der Waals surface area contributed by atoms with E-state index in [1.54, 1.807) is 28.8 Å². The molecule has 0 spiro atoms. The smallest absolute Gasteiger partial charge is 0.341 e. The molecule has 0 amide bonds. The van der Waals surface area contributed by atoms with Crippen molar-refractivity contribution in [3.63, 3.8) is 0 Å². The number of carboxylic acids is 1. The fourth-order valence-electron chi connectivity index (χ4n) is 2.68. The molecule has 128 valence electrons. The average Bonchev–Trinajstić information content (AvgIpc) is 3.07. The highest BCUT2D eigenvalue weighted by Crippen LogP contribution is 2.30. The van der Waals surface area contributed by atoms with E-state index in [2.05, 4.69) is 0 Å². The van der Waals surface area contributed by atoms with E-state index >= 15 is 0 Å². The Bertz CT molecular complexity index is 1050. The lowest BCUT2D eigenvalue weighted by atomic mass is 10.1. The highest BCUT2D eigenvalue weighted by atomic mass is 32.1. The molecular formula is C18H15NO5S. The molecule has 0 saturated carbocycles. The minimum Gasteiger partial charge on any atom is -0.477 e. The van der Waals surface area contributed by atoms with Crippen molar-refractivity contribution < 1.29 is 19.8 Å². The number of pyridine rings is 1. The maximum Gasteiger partial charge on any atom is 0.341 e. The number of aromatic carboxylic acids is 1. The molecule has 3 rings (SSSR count). The molecule has 3 aromatic rings. The highest BCUT2D eigenvalue weighted by molar-refractivity contribution is 7.17. The van der Waals surface area contributed by atoms with Gasteiger partial charge in [-0.05, 0) is 36.8 Å². The van der Waals surface area contributed by atoms with E-state index in [0.29, 0.717) is 10.4 Å². The summed E-state index contributed by atoms with van der Waals surface area (Å²) in [6, 6.07) is 8.69. The Balaban J connectivity index is 2.24. The third kappa shape index (κ3) is 3.11. The van der Waals surface area contributed by atoms with Crippen LogP contribution < -0.4 is 5.43 Å². The minimum absolute atomic E-state index is 0.0319. The predicted octanol–water partition coefficient (Wildman–Crippen LogP) is 2.62. The van der Waals surface area contributed by atoms with E-state index < -0.39 is 11.4 Å². The largest absolute Gasteiger partial charge is 0.477 e. The fraction of sp³-hybridized carbons (Fsp3) is 0.167. The number of aliphatic hydroxyl groups is 1. The summed E-state index contributed by atoms with van der Waals surface area (Å²) in [5, 5.41) is 18.7. The number of carbonyl (C=O) groups excluding carboxylic acids is 1. The molecule has 0 saturated heterocycles. The number of benzene rings is 1. The van der Waals surface area contributed by atoms with Crippen LogP contribution in [0.3, 0.4) is 0 Å². The molecule has 0 fully saturated rings. The van der Waals surface area contributed by atoms with Gasteiger partial charge >= 0.3 is 5.97 Å². The Hall–Kier alpha value is -2.77. The summed E-state index contributed by atoms with van der Waals surface area (Å²) in [7, 11) is 0. The summed E-state index contributed by atoms with van der Waals surface area (Å²) in [5.41, 5.74) is 0.381. The second-order valence-electron chi connectivity index (χ2n) is 5.55. The SMILES string of the molecule is CC(=O)c1ccc(-c2ccc3c(c2)c(=O)c(C(=O)O)cn3CCO)s1. The first kappa shape index (κ1) is 17.1. The molecule has 0 aliphatic carbocycles. The summed E-state index contributed by atoms with van der Waals surface area (Å²) in [6.45, 7) is 1.50. The van der Waals surface area contributed by atoms with Gasteiger partial charge in [-0.1, -0.05) is 6.07 Å². The van der Waals surface area contributed by atoms with Crippen molar-refractivity contribution in [1.29, 1.82) is 0 Å². The molecule has 0 bridgehead atoms. The van der Waals surface area contributed by atoms with Crippen LogP contribution in [-0.4, -0.2) is 33.1 Å². The topological polar surface area (TPSA) is 96.6 Å². The highest BCUT2D eigenvalue weighted by Gasteiger charge is 2.15. The number of thiophene rings is 1. The van der Waals surface area contributed by atoms with Crippen LogP contribution in [0.15, 0.2) is 41.3 Å². The number of aliphatic hydroxyl groups excluding tert-OH is 1. The van der Waals surface area contributed by atoms with E-state index in [1.165, 1.54) is 24.5 Å². The molecule has 2 aromatic heterocycles. The number of nitrogens with zero attached hydrogens (tertiary/aromatic N) is 1. The third-order valence-electron chi connectivity index (χ3n) is 3.89. The second kappa shape index (κ2) is 6.62. The zero-order valence-electron chi connectivity index (χ0n) is 13.4. The van der Waals surface area contributed by atoms with E-state index in [-0.39, 0.29) is 29.9 Å². The van der Waals surface area contributed by atoms with Crippen molar-refractivity contribution in [3.05, 3.63) is 57.2 Å². The quantitative estimate of drug-likeness (QED) is 0.684. The van der Waals surface area contributed by atoms with Crippen LogP contribution in [0.5, 0.6) is 0 Å². The number of carboxylic acid groups (broad SMARTS) is 1. The van der Waals surface area contributed by atoms with Gasteiger partial charge in [0.15, 0.2) is 5.78 Å². The normalized spacial score (nSPS) is 11.0. The Morgan fingerprint density at radius 1 is 1.20 bits per heavy atom. The Morgan fingerprint density at radius 3 is 2.56 bits per heavy atom. The van der Waals surface area contributed by atoms with Gasteiger partial charge in [-0.3, -0.25) is 9.59 Å². The lowest BCUT2D eigenvalue weighted by Crippen LogP contribution is -2.19. The summed E-state index contributed by atoms with van der Waals surface area (Å²) in [6.07, 6.45) is 1.25. The first-order valence-electron chi connectivity index (χ1n) is 7.55. The zero-order chi connectivity index (χ0) is 18.1. The Labute approximate surface area is 146 Å². The van der Waals surface area contributed by atoms with Crippen molar-refractivity contribution in [2.24, 2.45) is 0 Å². The van der Waals surface area contributed by atoms with Crippen molar-refractivity contribution in [2.45, 2.75) is 13.5 Å². The van der Waals surface area contributed by atoms with Gasteiger partial charge in [0.2, 0.25) is 5.43 Å². The second-order valence-corrected chi connectivity index (χ2v) is 6.63. The van der Waals surface area contributed by atoms with Gasteiger partial charge in [0.05, 0.1) is 17.0 Å². The number of aromatic nitrogens is 1. The molecule has 6 nitrogen and oxygen atoms in total. The predicted molar refractivity (Wildman–Crippen MR) is 95.6 cm³/mol. The number of hydrogen-bond acceptors (Lipinski definition) is 5. The van der Waals surface area contributed by atoms with Gasteiger partial charge in [-0.15, -0.1) is 11.3 Å². The summed E-state index contributed by atoms with van der Waals surface area (Å²) >= 11 is 1.32. The molecule has 7 heteroatoms. The van der Waals surface area contributed by atoms with Crippen LogP contribution in [0.25, 0.3) is 21.3 Å². The van der Waals surface area contributed by atoms with Gasteiger partial charge in [0, 0.05) is 23.0 Å². The van der Waals surface area contributed by atoms with Crippen molar-refractivity contribution in [1.82, 2.24) is 4.57 Å². The third-order valence-corrected chi connectivity index (χ3v) is 5.12. The summed E-state index contributed by atoms with van der Waals surface area (Å²) < 4.78 is 1.55. The van der Waals surface area contributed by atoms with Crippen molar-refractivity contribution >= 4 is 34.0 Å². The van der Waals surface area contributed by atoms with Gasteiger partial charge in [0.25, 0.3) is 0 Å². The first-order valence-corrected chi connectivity index (χ1v) is 8.36. The summed E-state index contributed by atoms with van der Waals surface area (Å²) in [5.74, 6) is -1.34. The average molecular weight is 357 g/mol. The standard InChI is InChI=1S/C18H15NO5S/c1-10(21)15-4-5-16(25-15)11-2-3-14-12(8-11)17(22)13(18(23)24)9-19(14)6-7-20/h2-5,8-9,20H,6-7H2,1H3,(H,23,24). The van der Waals surface area contributed by atoms with Crippen LogP contribution >= 0.6 is 11.3 Å². The Morgan fingerprint density at radius 2 is 1.96 bits per heavy atom. The Kier molecular flexibility index (Phi) is 4.52. The molecule has 2 heterocycles. The number of Topliss-reactive ketones (excluding diaryl/α,β-unsaturated/α-hetero) is 1. The van der Waals surface area contributed by atoms with E-state index in [9.17, 15) is 24.6 Å². The number of fused-ring (bicyclic) bond motifs is 1. The zero-order valence-corrected chi connectivity index (χ0v) is 14.2. The molecule has 2 N–H and O–H groups in total. The van der Waals surface area contributed by atoms with Gasteiger partial charge < -0.3 is 14.8 Å². The van der Waals surface area contributed by atoms with Crippen LogP contribution in [0.1, 0.15) is 27.0 Å². The number of carbonyl (C=O) groups is 2. The molecule has 1 aromatic carbocycles. The minimum atomic E-state index is -1.31. The first-order chi connectivity index (χ1) is 11.9. The molecule has 0 radical (unpaired) electrons. The number of rotatable bonds is 5. The van der Waals surface area contributed by atoms with Crippen LogP contribution in [0, 0.1) is 0 Å². The monoisotopic (exact) mass is 357 g/mol. The number of ketones is 1. The van der Waals surface area contributed by atoms with Gasteiger partial charge in [-0.2, -0.15) is 0 Å². The van der Waals surface area contributed by atoms with Crippen LogP contribution in [0.4, 0.5) is 0 Å². The van der Waals surface area contributed by atoms with E-state index in [0.717, 1.165) is 10.4 Å². The molecule has 25 heavy (non-hydrogen) atoms. The molecular weight excluding hydrogens is 342 g/mol. The lowest BCUT2D eigenvalue weighted by molar-refractivity contribution is 0.0694. The molecule has 0 atom stereocenters. The molecule has 0 aliphatic rings. The van der Waals surface area contributed by atoms with E-state index in [1.807, 2.05) is 6.07 Å². The maximum absolute atomic E-state index is 12.5. The lowest BCUT2D eigenvalue weighted by Gasteiger charge is -2.12. The van der Waals surface area contributed by atoms with Crippen LogP contribution in [-0.2, 0) is 6.54 Å². The number of hydrogen-bond donors (Lipinski definition) is 2. The molecule has 0 unspecified atom stereocenters. The maximum atomic E-state index is 12.5. The van der Waals surface area contributed by atoms with Crippen molar-refractivity contribution in [2.75, 3.05) is 6.61 Å². The fourth-order valence-corrected chi connectivity index (χ4v) is 3.58. The molecule has 0 aliphatic heterocycles. The van der Waals surface area contributed by atoms with Gasteiger partial charge in [0.1, 0.15) is 5.56 Å².